The van der Waals surface area contributed by atoms with Crippen molar-refractivity contribution in [3.8, 4) is 0 Å². The SMILES string of the molecule is C/C=C/[C@H]1O[C@@H](C[Se]c2ccccc2)[C@H]([C@@H](C)CCC=C(C)C)[C@H]2COC(=O)[C@@H]21. The third-order valence-electron chi connectivity index (χ3n) is 6.13. The fourth-order valence-corrected chi connectivity index (χ4v) is 6.86. The van der Waals surface area contributed by atoms with Crippen LogP contribution in [0.5, 0.6) is 0 Å². The molecule has 0 aliphatic carbocycles. The molecule has 0 radical (unpaired) electrons. The average molecular weight is 462 g/mol. The number of allylic oxidation sites excluding steroid dienone is 3. The van der Waals surface area contributed by atoms with E-state index in [-0.39, 0.29) is 30.0 Å². The van der Waals surface area contributed by atoms with Crippen LogP contribution in [0.2, 0.25) is 5.32 Å². The van der Waals surface area contributed by atoms with Crippen molar-refractivity contribution in [1.29, 1.82) is 0 Å². The van der Waals surface area contributed by atoms with Crippen molar-refractivity contribution in [3.63, 3.8) is 0 Å². The van der Waals surface area contributed by atoms with Gasteiger partial charge in [-0.3, -0.25) is 0 Å². The second-order valence-electron chi connectivity index (χ2n) is 8.52. The molecule has 1 aromatic rings. The molecule has 6 atom stereocenters. The van der Waals surface area contributed by atoms with Crippen molar-refractivity contribution in [2.45, 2.75) is 58.1 Å². The molecular weight excluding hydrogens is 427 g/mol. The standard InChI is InChI=1S/C25H34O3Se/c1-5-10-21-24-20(15-27-25(24)26)23(18(4)12-9-11-17(2)3)22(28-21)16-29-19-13-7-6-8-14-19/h5-8,10-11,13-14,18,20-24H,9,12,15-16H2,1-4H3/b10-5+/t18-,20+,21+,22-,23+,24-/m0/s1. The van der Waals surface area contributed by atoms with Gasteiger partial charge in [-0.25, -0.2) is 0 Å². The van der Waals surface area contributed by atoms with E-state index in [1.807, 2.05) is 13.0 Å². The summed E-state index contributed by atoms with van der Waals surface area (Å²) in [6, 6.07) is 10.7. The molecule has 2 fully saturated rings. The van der Waals surface area contributed by atoms with Gasteiger partial charge in [0.05, 0.1) is 0 Å². The molecule has 2 heterocycles. The fourth-order valence-electron chi connectivity index (χ4n) is 4.75. The number of hydrogen-bond acceptors (Lipinski definition) is 3. The van der Waals surface area contributed by atoms with Gasteiger partial charge in [0.2, 0.25) is 0 Å². The van der Waals surface area contributed by atoms with E-state index in [4.69, 9.17) is 9.47 Å². The molecule has 0 bridgehead atoms. The van der Waals surface area contributed by atoms with Gasteiger partial charge < -0.3 is 0 Å². The van der Waals surface area contributed by atoms with Crippen LogP contribution >= 0.6 is 0 Å². The molecule has 0 spiro atoms. The van der Waals surface area contributed by atoms with Crippen LogP contribution in [0.15, 0.2) is 54.1 Å². The molecule has 158 valence electrons. The summed E-state index contributed by atoms with van der Waals surface area (Å²) in [6.07, 6.45) is 8.61. The maximum atomic E-state index is 12.5. The summed E-state index contributed by atoms with van der Waals surface area (Å²) in [5.41, 5.74) is 1.37. The number of hydrogen-bond donors (Lipinski definition) is 0. The van der Waals surface area contributed by atoms with Crippen molar-refractivity contribution in [2.24, 2.45) is 23.7 Å². The normalized spacial score (nSPS) is 30.1. The monoisotopic (exact) mass is 462 g/mol. The number of esters is 1. The van der Waals surface area contributed by atoms with Crippen molar-refractivity contribution >= 4 is 25.4 Å². The first kappa shape index (κ1) is 22.3. The third-order valence-corrected chi connectivity index (χ3v) is 8.44. The number of carbonyl (C=O) groups is 1. The van der Waals surface area contributed by atoms with E-state index in [1.165, 1.54) is 10.0 Å². The summed E-state index contributed by atoms with van der Waals surface area (Å²) >= 11 is 0.362. The molecule has 0 aromatic heterocycles. The Morgan fingerprint density at radius 1 is 1.28 bits per heavy atom. The second kappa shape index (κ2) is 10.6. The first-order valence-corrected chi connectivity index (χ1v) is 12.8. The number of ether oxygens (including phenoxy) is 2. The third kappa shape index (κ3) is 5.63. The van der Waals surface area contributed by atoms with Crippen LogP contribution < -0.4 is 4.46 Å². The first-order chi connectivity index (χ1) is 14.0. The predicted molar refractivity (Wildman–Crippen MR) is 119 cm³/mol. The van der Waals surface area contributed by atoms with Gasteiger partial charge in [0.1, 0.15) is 0 Å². The Morgan fingerprint density at radius 2 is 2.03 bits per heavy atom. The van der Waals surface area contributed by atoms with E-state index in [2.05, 4.69) is 63.3 Å². The molecule has 0 saturated carbocycles. The number of carbonyl (C=O) groups excluding carboxylic acids is 1. The molecular formula is C25H34O3Se. The Hall–Kier alpha value is -1.35. The van der Waals surface area contributed by atoms with Crippen molar-refractivity contribution in [2.75, 3.05) is 6.61 Å². The molecule has 0 amide bonds. The molecule has 0 unspecified atom stereocenters. The molecule has 2 saturated heterocycles. The molecule has 2 aliphatic rings. The molecule has 4 heteroatoms. The number of fused-ring (bicyclic) bond motifs is 1. The van der Waals surface area contributed by atoms with Gasteiger partial charge in [0.15, 0.2) is 0 Å². The van der Waals surface area contributed by atoms with Crippen LogP contribution in [0.4, 0.5) is 0 Å². The summed E-state index contributed by atoms with van der Waals surface area (Å²) < 4.78 is 13.6. The summed E-state index contributed by atoms with van der Waals surface area (Å²) in [4.78, 5) is 12.5. The van der Waals surface area contributed by atoms with Gasteiger partial charge in [-0.1, -0.05) is 0 Å². The molecule has 0 N–H and O–H groups in total. The summed E-state index contributed by atoms with van der Waals surface area (Å²) in [6.45, 7) is 9.19. The first-order valence-electron chi connectivity index (χ1n) is 10.8. The van der Waals surface area contributed by atoms with Gasteiger partial charge in [-0.05, 0) is 0 Å². The zero-order valence-electron chi connectivity index (χ0n) is 18.0. The maximum absolute atomic E-state index is 12.5. The Morgan fingerprint density at radius 3 is 2.72 bits per heavy atom. The van der Waals surface area contributed by atoms with Gasteiger partial charge in [-0.15, -0.1) is 0 Å². The van der Waals surface area contributed by atoms with Crippen molar-refractivity contribution < 1.29 is 14.3 Å². The van der Waals surface area contributed by atoms with Crippen LogP contribution in [-0.2, 0) is 14.3 Å². The molecule has 3 nitrogen and oxygen atoms in total. The number of benzene rings is 1. The van der Waals surface area contributed by atoms with E-state index in [0.717, 1.165) is 18.2 Å². The Kier molecular flexibility index (Phi) is 8.17. The van der Waals surface area contributed by atoms with E-state index < -0.39 is 0 Å². The minimum absolute atomic E-state index is 0.0772. The van der Waals surface area contributed by atoms with E-state index in [0.29, 0.717) is 33.4 Å². The zero-order valence-corrected chi connectivity index (χ0v) is 19.8. The summed E-state index contributed by atoms with van der Waals surface area (Å²) in [5, 5.41) is 1.04. The van der Waals surface area contributed by atoms with Gasteiger partial charge in [0.25, 0.3) is 0 Å². The fraction of sp³-hybridized carbons (Fsp3) is 0.560. The van der Waals surface area contributed by atoms with Crippen LogP contribution in [0, 0.1) is 23.7 Å². The topological polar surface area (TPSA) is 35.5 Å². The van der Waals surface area contributed by atoms with Gasteiger partial charge in [-0.2, -0.15) is 0 Å². The minimum atomic E-state index is -0.155. The summed E-state index contributed by atoms with van der Waals surface area (Å²) in [5.74, 6) is 0.893. The van der Waals surface area contributed by atoms with Crippen molar-refractivity contribution in [1.82, 2.24) is 0 Å². The van der Waals surface area contributed by atoms with E-state index in [1.54, 1.807) is 0 Å². The molecule has 29 heavy (non-hydrogen) atoms. The molecule has 1 aromatic carbocycles. The van der Waals surface area contributed by atoms with Crippen molar-refractivity contribution in [3.05, 3.63) is 54.1 Å². The Balaban J connectivity index is 1.80. The zero-order chi connectivity index (χ0) is 20.8. The second-order valence-corrected chi connectivity index (χ2v) is 10.8. The quantitative estimate of drug-likeness (QED) is 0.323. The average Bonchev–Trinajstić information content (AvgIpc) is 3.08. The predicted octanol–water partition coefficient (Wildman–Crippen LogP) is 4.57. The molecule has 2 aliphatic heterocycles. The van der Waals surface area contributed by atoms with Crippen LogP contribution in [-0.4, -0.2) is 39.7 Å². The molecule has 3 rings (SSSR count). The van der Waals surface area contributed by atoms with Gasteiger partial charge >= 0.3 is 182 Å². The number of rotatable bonds is 8. The van der Waals surface area contributed by atoms with E-state index >= 15 is 0 Å². The Bertz CT molecular complexity index is 723. The van der Waals surface area contributed by atoms with Crippen LogP contribution in [0.3, 0.4) is 0 Å². The van der Waals surface area contributed by atoms with Crippen LogP contribution in [0.1, 0.15) is 40.5 Å². The summed E-state index contributed by atoms with van der Waals surface area (Å²) in [7, 11) is 0. The Labute approximate surface area is 182 Å². The number of cyclic esters (lactones) is 1. The van der Waals surface area contributed by atoms with E-state index in [9.17, 15) is 4.79 Å². The van der Waals surface area contributed by atoms with Gasteiger partial charge in [0, 0.05) is 0 Å². The van der Waals surface area contributed by atoms with Crippen LogP contribution in [0.25, 0.3) is 0 Å².